The highest BCUT2D eigenvalue weighted by Gasteiger charge is 2.37. The quantitative estimate of drug-likeness (QED) is 0.885. The average Bonchev–Trinajstić information content (AvgIpc) is 2.81. The summed E-state index contributed by atoms with van der Waals surface area (Å²) in [4.78, 5) is 6.93. The highest BCUT2D eigenvalue weighted by Crippen LogP contribution is 2.36. The van der Waals surface area contributed by atoms with Crippen LogP contribution in [0.2, 0.25) is 0 Å². The van der Waals surface area contributed by atoms with Gasteiger partial charge in [0.1, 0.15) is 0 Å². The van der Waals surface area contributed by atoms with Gasteiger partial charge in [-0.2, -0.15) is 0 Å². The molecule has 1 aromatic heterocycles. The summed E-state index contributed by atoms with van der Waals surface area (Å²) in [6.45, 7) is 6.80. The van der Waals surface area contributed by atoms with Crippen LogP contribution >= 0.6 is 0 Å². The Balaban J connectivity index is 2.32. The van der Waals surface area contributed by atoms with Crippen LogP contribution in [0.5, 0.6) is 0 Å². The molecule has 0 spiro atoms. The SMILES string of the molecule is CCC(N)C(c1cccnc1)N1C(C)CCC1CC. The van der Waals surface area contributed by atoms with Gasteiger partial charge in [0.2, 0.25) is 0 Å². The van der Waals surface area contributed by atoms with Crippen molar-refractivity contribution in [2.45, 2.75) is 70.6 Å². The van der Waals surface area contributed by atoms with E-state index in [2.05, 4.69) is 36.7 Å². The monoisotopic (exact) mass is 261 g/mol. The van der Waals surface area contributed by atoms with Gasteiger partial charge in [0.15, 0.2) is 0 Å². The molecule has 106 valence electrons. The Morgan fingerprint density at radius 1 is 1.42 bits per heavy atom. The standard InChI is InChI=1S/C16H27N3/c1-4-14-9-8-12(3)19(14)16(15(17)5-2)13-7-6-10-18-11-13/h6-7,10-12,14-16H,4-5,8-9,17H2,1-3H3. The number of pyridine rings is 1. The van der Waals surface area contributed by atoms with Crippen LogP contribution in [0.4, 0.5) is 0 Å². The summed E-state index contributed by atoms with van der Waals surface area (Å²) in [6.07, 6.45) is 8.61. The minimum atomic E-state index is 0.179. The second-order valence-electron chi connectivity index (χ2n) is 5.74. The molecule has 19 heavy (non-hydrogen) atoms. The first-order valence-corrected chi connectivity index (χ1v) is 7.61. The Hall–Kier alpha value is -0.930. The van der Waals surface area contributed by atoms with Crippen LogP contribution in [0, 0.1) is 0 Å². The van der Waals surface area contributed by atoms with E-state index in [-0.39, 0.29) is 6.04 Å². The fraction of sp³-hybridized carbons (Fsp3) is 0.688. The zero-order valence-electron chi connectivity index (χ0n) is 12.4. The largest absolute Gasteiger partial charge is 0.326 e. The lowest BCUT2D eigenvalue weighted by atomic mass is 9.95. The molecule has 2 N–H and O–H groups in total. The molecule has 2 rings (SSSR count). The highest BCUT2D eigenvalue weighted by atomic mass is 15.2. The number of hydrogen-bond acceptors (Lipinski definition) is 3. The molecule has 0 saturated carbocycles. The number of rotatable bonds is 5. The molecule has 0 aromatic carbocycles. The first-order chi connectivity index (χ1) is 9.19. The molecule has 3 nitrogen and oxygen atoms in total. The summed E-state index contributed by atoms with van der Waals surface area (Å²) in [7, 11) is 0. The molecular formula is C16H27N3. The minimum absolute atomic E-state index is 0.179. The maximum absolute atomic E-state index is 6.44. The van der Waals surface area contributed by atoms with E-state index in [0.29, 0.717) is 18.1 Å². The summed E-state index contributed by atoms with van der Waals surface area (Å²) in [5.74, 6) is 0. The number of nitrogens with two attached hydrogens (primary N) is 1. The third-order valence-electron chi connectivity index (χ3n) is 4.54. The van der Waals surface area contributed by atoms with E-state index in [1.165, 1.54) is 24.8 Å². The molecule has 4 atom stereocenters. The second-order valence-corrected chi connectivity index (χ2v) is 5.74. The van der Waals surface area contributed by atoms with E-state index in [4.69, 9.17) is 5.73 Å². The zero-order chi connectivity index (χ0) is 13.8. The van der Waals surface area contributed by atoms with E-state index < -0.39 is 0 Å². The van der Waals surface area contributed by atoms with Crippen molar-refractivity contribution >= 4 is 0 Å². The minimum Gasteiger partial charge on any atom is -0.326 e. The van der Waals surface area contributed by atoms with Crippen molar-refractivity contribution in [3.05, 3.63) is 30.1 Å². The van der Waals surface area contributed by atoms with Gasteiger partial charge in [-0.3, -0.25) is 9.88 Å². The van der Waals surface area contributed by atoms with Crippen LogP contribution in [0.25, 0.3) is 0 Å². The molecule has 0 bridgehead atoms. The molecule has 1 aliphatic heterocycles. The first kappa shape index (κ1) is 14.5. The van der Waals surface area contributed by atoms with Gasteiger partial charge in [-0.25, -0.2) is 0 Å². The van der Waals surface area contributed by atoms with Gasteiger partial charge in [-0.05, 0) is 44.2 Å². The molecule has 4 unspecified atom stereocenters. The number of hydrogen-bond donors (Lipinski definition) is 1. The van der Waals surface area contributed by atoms with Crippen LogP contribution in [0.3, 0.4) is 0 Å². The Morgan fingerprint density at radius 3 is 2.79 bits per heavy atom. The molecule has 2 heterocycles. The van der Waals surface area contributed by atoms with Crippen molar-refractivity contribution in [3.63, 3.8) is 0 Å². The van der Waals surface area contributed by atoms with Gasteiger partial charge in [-0.15, -0.1) is 0 Å². The first-order valence-electron chi connectivity index (χ1n) is 7.61. The summed E-state index contributed by atoms with van der Waals surface area (Å²) >= 11 is 0. The van der Waals surface area contributed by atoms with Gasteiger partial charge in [0.25, 0.3) is 0 Å². The van der Waals surface area contributed by atoms with Crippen LogP contribution in [0.15, 0.2) is 24.5 Å². The average molecular weight is 261 g/mol. The van der Waals surface area contributed by atoms with Gasteiger partial charge < -0.3 is 5.73 Å². The lowest BCUT2D eigenvalue weighted by Gasteiger charge is -2.39. The van der Waals surface area contributed by atoms with Gasteiger partial charge in [-0.1, -0.05) is 19.9 Å². The van der Waals surface area contributed by atoms with Crippen LogP contribution in [-0.4, -0.2) is 28.0 Å². The lowest BCUT2D eigenvalue weighted by Crippen LogP contribution is -2.46. The Bertz CT molecular complexity index is 379. The molecule has 0 amide bonds. The molecule has 0 aliphatic carbocycles. The fourth-order valence-electron chi connectivity index (χ4n) is 3.42. The van der Waals surface area contributed by atoms with Gasteiger partial charge in [0.05, 0.1) is 6.04 Å². The van der Waals surface area contributed by atoms with Crippen molar-refractivity contribution in [1.82, 2.24) is 9.88 Å². The van der Waals surface area contributed by atoms with Crippen molar-refractivity contribution in [1.29, 1.82) is 0 Å². The number of aromatic nitrogens is 1. The van der Waals surface area contributed by atoms with E-state index in [0.717, 1.165) is 6.42 Å². The molecule has 3 heteroatoms. The molecule has 1 fully saturated rings. The second kappa shape index (κ2) is 6.49. The lowest BCUT2D eigenvalue weighted by molar-refractivity contribution is 0.111. The third kappa shape index (κ3) is 2.98. The number of likely N-dealkylation sites (tertiary alicyclic amines) is 1. The summed E-state index contributed by atoms with van der Waals surface area (Å²) < 4.78 is 0. The maximum atomic E-state index is 6.44. The molecule has 1 aromatic rings. The summed E-state index contributed by atoms with van der Waals surface area (Å²) in [5, 5.41) is 0. The van der Waals surface area contributed by atoms with Crippen LogP contribution in [-0.2, 0) is 0 Å². The Kier molecular flexibility index (Phi) is 4.94. The normalized spacial score (nSPS) is 27.4. The number of nitrogens with zero attached hydrogens (tertiary/aromatic N) is 2. The highest BCUT2D eigenvalue weighted by molar-refractivity contribution is 5.18. The Labute approximate surface area is 117 Å². The van der Waals surface area contributed by atoms with E-state index >= 15 is 0 Å². The topological polar surface area (TPSA) is 42.1 Å². The van der Waals surface area contributed by atoms with Crippen LogP contribution < -0.4 is 5.73 Å². The zero-order valence-corrected chi connectivity index (χ0v) is 12.4. The third-order valence-corrected chi connectivity index (χ3v) is 4.54. The molecule has 1 saturated heterocycles. The predicted molar refractivity (Wildman–Crippen MR) is 79.9 cm³/mol. The van der Waals surface area contributed by atoms with Gasteiger partial charge in [0, 0.05) is 30.5 Å². The maximum Gasteiger partial charge on any atom is 0.0520 e. The predicted octanol–water partition coefficient (Wildman–Crippen LogP) is 3.12. The molecule has 0 radical (unpaired) electrons. The smallest absolute Gasteiger partial charge is 0.0520 e. The van der Waals surface area contributed by atoms with Crippen molar-refractivity contribution in [2.24, 2.45) is 5.73 Å². The Morgan fingerprint density at radius 2 is 2.21 bits per heavy atom. The van der Waals surface area contributed by atoms with E-state index in [1.807, 2.05) is 18.5 Å². The summed E-state index contributed by atoms with van der Waals surface area (Å²) in [5.41, 5.74) is 7.71. The van der Waals surface area contributed by atoms with E-state index in [9.17, 15) is 0 Å². The van der Waals surface area contributed by atoms with Gasteiger partial charge >= 0.3 is 0 Å². The summed E-state index contributed by atoms with van der Waals surface area (Å²) in [6, 6.07) is 5.96. The van der Waals surface area contributed by atoms with Crippen molar-refractivity contribution in [2.75, 3.05) is 0 Å². The molecule has 1 aliphatic rings. The molecular weight excluding hydrogens is 234 g/mol. The van der Waals surface area contributed by atoms with Crippen molar-refractivity contribution < 1.29 is 0 Å². The van der Waals surface area contributed by atoms with E-state index in [1.54, 1.807) is 0 Å². The van der Waals surface area contributed by atoms with Crippen molar-refractivity contribution in [3.8, 4) is 0 Å². The fourth-order valence-corrected chi connectivity index (χ4v) is 3.42. The van der Waals surface area contributed by atoms with Crippen LogP contribution in [0.1, 0.15) is 58.1 Å².